The van der Waals surface area contributed by atoms with E-state index in [4.69, 9.17) is 9.47 Å². The molecular weight excluding hydrogens is 478 g/mol. The zero-order valence-electron chi connectivity index (χ0n) is 20.9. The van der Waals surface area contributed by atoms with Crippen molar-refractivity contribution in [3.05, 3.63) is 78.6 Å². The van der Waals surface area contributed by atoms with Crippen molar-refractivity contribution in [2.75, 3.05) is 11.5 Å². The molecule has 3 aliphatic heterocycles. The van der Waals surface area contributed by atoms with Crippen LogP contribution in [0.3, 0.4) is 0 Å². The van der Waals surface area contributed by atoms with Crippen LogP contribution in [0.4, 0.5) is 5.69 Å². The number of carbonyl (C=O) groups is 2. The Morgan fingerprint density at radius 3 is 2.66 bits per heavy atom. The van der Waals surface area contributed by atoms with Crippen LogP contribution in [-0.2, 0) is 14.3 Å². The third kappa shape index (κ3) is 3.07. The van der Waals surface area contributed by atoms with E-state index in [-0.39, 0.29) is 11.8 Å². The number of rotatable bonds is 5. The highest BCUT2D eigenvalue weighted by atomic mass is 16.5. The first kappa shape index (κ1) is 22.9. The Hall–Kier alpha value is -4.28. The van der Waals surface area contributed by atoms with Gasteiger partial charge in [-0.2, -0.15) is 5.26 Å². The zero-order valence-corrected chi connectivity index (χ0v) is 20.9. The summed E-state index contributed by atoms with van der Waals surface area (Å²) in [6, 6.07) is 20.8. The van der Waals surface area contributed by atoms with Crippen molar-refractivity contribution < 1.29 is 19.1 Å². The molecule has 0 saturated carbocycles. The SMILES string of the molecule is CC12CCC(CCOc3cccc4cnccc34)(O1)C1C(=O)N(c3ccc(C#N)c4ccccc34)C(=O)C12. The van der Waals surface area contributed by atoms with Gasteiger partial charge in [0.2, 0.25) is 11.8 Å². The monoisotopic (exact) mass is 503 g/mol. The van der Waals surface area contributed by atoms with Crippen LogP contribution in [0.5, 0.6) is 5.75 Å². The molecule has 2 amide bonds. The van der Waals surface area contributed by atoms with Crippen molar-refractivity contribution in [1.82, 2.24) is 4.98 Å². The summed E-state index contributed by atoms with van der Waals surface area (Å²) in [7, 11) is 0. The number of nitriles is 1. The summed E-state index contributed by atoms with van der Waals surface area (Å²) in [6.07, 6.45) is 5.47. The van der Waals surface area contributed by atoms with Gasteiger partial charge in [-0.15, -0.1) is 0 Å². The highest BCUT2D eigenvalue weighted by molar-refractivity contribution is 6.26. The second-order valence-corrected chi connectivity index (χ2v) is 10.7. The van der Waals surface area contributed by atoms with E-state index in [1.54, 1.807) is 24.5 Å². The number of benzene rings is 3. The fourth-order valence-electron chi connectivity index (χ4n) is 6.98. The summed E-state index contributed by atoms with van der Waals surface area (Å²) in [5, 5.41) is 13.0. The van der Waals surface area contributed by atoms with Crippen molar-refractivity contribution in [1.29, 1.82) is 5.26 Å². The van der Waals surface area contributed by atoms with Gasteiger partial charge >= 0.3 is 0 Å². The van der Waals surface area contributed by atoms with Gasteiger partial charge in [0.05, 0.1) is 47.0 Å². The van der Waals surface area contributed by atoms with Gasteiger partial charge in [-0.3, -0.25) is 14.6 Å². The van der Waals surface area contributed by atoms with E-state index in [9.17, 15) is 14.9 Å². The predicted molar refractivity (Wildman–Crippen MR) is 141 cm³/mol. The Morgan fingerprint density at radius 2 is 1.82 bits per heavy atom. The average molecular weight is 504 g/mol. The minimum Gasteiger partial charge on any atom is -0.493 e. The first-order chi connectivity index (χ1) is 18.5. The van der Waals surface area contributed by atoms with Gasteiger partial charge < -0.3 is 9.47 Å². The molecule has 38 heavy (non-hydrogen) atoms. The number of amides is 2. The number of aromatic nitrogens is 1. The lowest BCUT2D eigenvalue weighted by molar-refractivity contribution is -0.131. The van der Waals surface area contributed by atoms with E-state index in [1.165, 1.54) is 4.90 Å². The summed E-state index contributed by atoms with van der Waals surface area (Å²) in [5.74, 6) is -0.794. The Labute approximate surface area is 219 Å². The molecule has 2 bridgehead atoms. The number of ether oxygens (including phenoxy) is 2. The summed E-state index contributed by atoms with van der Waals surface area (Å²) in [5.41, 5.74) is -0.408. The molecule has 3 aromatic carbocycles. The molecule has 0 spiro atoms. The first-order valence-electron chi connectivity index (χ1n) is 12.9. The van der Waals surface area contributed by atoms with Crippen LogP contribution in [0.2, 0.25) is 0 Å². The molecule has 7 rings (SSSR count). The van der Waals surface area contributed by atoms with Crippen molar-refractivity contribution in [2.45, 2.75) is 37.4 Å². The maximum absolute atomic E-state index is 14.1. The van der Waals surface area contributed by atoms with E-state index >= 15 is 0 Å². The molecule has 0 radical (unpaired) electrons. The Kier molecular flexibility index (Phi) is 4.88. The van der Waals surface area contributed by atoms with Gasteiger partial charge in [0.15, 0.2) is 0 Å². The van der Waals surface area contributed by atoms with E-state index in [0.717, 1.165) is 33.7 Å². The molecule has 3 aliphatic rings. The summed E-state index contributed by atoms with van der Waals surface area (Å²) >= 11 is 0. The van der Waals surface area contributed by atoms with Gasteiger partial charge in [-0.05, 0) is 44.0 Å². The summed E-state index contributed by atoms with van der Waals surface area (Å²) < 4.78 is 12.8. The largest absolute Gasteiger partial charge is 0.493 e. The Balaban J connectivity index is 1.21. The molecule has 1 aromatic heterocycles. The summed E-state index contributed by atoms with van der Waals surface area (Å²) in [6.45, 7) is 2.32. The number of pyridine rings is 1. The molecule has 7 nitrogen and oxygen atoms in total. The fraction of sp³-hybridized carbons (Fsp3) is 0.290. The van der Waals surface area contributed by atoms with Crippen molar-refractivity contribution in [3.63, 3.8) is 0 Å². The lowest BCUT2D eigenvalue weighted by atomic mass is 9.67. The number of nitrogens with zero attached hydrogens (tertiary/aromatic N) is 3. The van der Waals surface area contributed by atoms with Crippen LogP contribution in [0.25, 0.3) is 21.5 Å². The maximum Gasteiger partial charge on any atom is 0.240 e. The Morgan fingerprint density at radius 1 is 1.00 bits per heavy atom. The smallest absolute Gasteiger partial charge is 0.240 e. The maximum atomic E-state index is 14.1. The topological polar surface area (TPSA) is 92.5 Å². The Bertz CT molecular complexity index is 1690. The highest BCUT2D eigenvalue weighted by Gasteiger charge is 2.73. The average Bonchev–Trinajstić information content (AvgIpc) is 3.52. The van der Waals surface area contributed by atoms with Crippen LogP contribution < -0.4 is 9.64 Å². The van der Waals surface area contributed by atoms with Gasteiger partial charge in [-0.25, -0.2) is 4.90 Å². The second kappa shape index (κ2) is 8.11. The zero-order chi connectivity index (χ0) is 26.1. The molecule has 0 aliphatic carbocycles. The van der Waals surface area contributed by atoms with E-state index in [1.807, 2.05) is 55.5 Å². The van der Waals surface area contributed by atoms with Gasteiger partial charge in [0, 0.05) is 40.4 Å². The quantitative estimate of drug-likeness (QED) is 0.350. The molecular formula is C31H25N3O4. The van der Waals surface area contributed by atoms with E-state index in [0.29, 0.717) is 30.7 Å². The normalized spacial score (nSPS) is 27.7. The van der Waals surface area contributed by atoms with Crippen molar-refractivity contribution >= 4 is 39.0 Å². The van der Waals surface area contributed by atoms with E-state index < -0.39 is 23.0 Å². The predicted octanol–water partition coefficient (Wildman–Crippen LogP) is 5.16. The number of fused-ring (bicyclic) bond motifs is 7. The summed E-state index contributed by atoms with van der Waals surface area (Å²) in [4.78, 5) is 33.5. The molecule has 0 N–H and O–H groups in total. The molecule has 4 atom stereocenters. The second-order valence-electron chi connectivity index (χ2n) is 10.7. The third-order valence-corrected chi connectivity index (χ3v) is 8.70. The van der Waals surface area contributed by atoms with Gasteiger partial charge in [0.1, 0.15) is 5.75 Å². The van der Waals surface area contributed by atoms with Gasteiger partial charge in [0.25, 0.3) is 0 Å². The molecule has 4 heterocycles. The van der Waals surface area contributed by atoms with Gasteiger partial charge in [-0.1, -0.05) is 36.4 Å². The van der Waals surface area contributed by atoms with Crippen LogP contribution in [0, 0.1) is 23.2 Å². The fourth-order valence-corrected chi connectivity index (χ4v) is 6.98. The molecule has 3 fully saturated rings. The van der Waals surface area contributed by atoms with Crippen molar-refractivity contribution in [2.24, 2.45) is 11.8 Å². The van der Waals surface area contributed by atoms with Crippen molar-refractivity contribution in [3.8, 4) is 11.8 Å². The van der Waals surface area contributed by atoms with Crippen LogP contribution in [0.1, 0.15) is 31.7 Å². The lowest BCUT2D eigenvalue weighted by Gasteiger charge is -2.31. The standard InChI is InChI=1S/C31H25N3O4/c1-30-12-13-31(38-30,14-16-37-25-8-4-5-20-18-33-15-11-22(20)25)27-26(30)28(35)34(29(27)36)24-10-9-19(17-32)21-6-2-3-7-23(21)24/h2-11,15,18,26-27H,12-14,16H2,1H3. The lowest BCUT2D eigenvalue weighted by Crippen LogP contribution is -2.43. The highest BCUT2D eigenvalue weighted by Crippen LogP contribution is 2.62. The number of hydrogen-bond donors (Lipinski definition) is 0. The molecule has 7 heteroatoms. The van der Waals surface area contributed by atoms with E-state index in [2.05, 4.69) is 11.1 Å². The molecule has 4 aromatic rings. The van der Waals surface area contributed by atoms with Crippen LogP contribution >= 0.6 is 0 Å². The first-order valence-corrected chi connectivity index (χ1v) is 12.9. The number of anilines is 1. The molecule has 4 unspecified atom stereocenters. The molecule has 188 valence electrons. The third-order valence-electron chi connectivity index (χ3n) is 8.70. The number of carbonyl (C=O) groups excluding carboxylic acids is 2. The number of imide groups is 1. The van der Waals surface area contributed by atoms with Crippen LogP contribution in [0.15, 0.2) is 73.1 Å². The minimum atomic E-state index is -0.755. The number of hydrogen-bond acceptors (Lipinski definition) is 6. The minimum absolute atomic E-state index is 0.221. The van der Waals surface area contributed by atoms with Crippen LogP contribution in [-0.4, -0.2) is 34.6 Å². The molecule has 3 saturated heterocycles.